The van der Waals surface area contributed by atoms with Gasteiger partial charge in [-0.15, -0.1) is 0 Å². The third kappa shape index (κ3) is 3.50. The van der Waals surface area contributed by atoms with Crippen LogP contribution in [0.1, 0.15) is 12.5 Å². The molecule has 0 aliphatic heterocycles. The van der Waals surface area contributed by atoms with Gasteiger partial charge in [-0.25, -0.2) is 0 Å². The van der Waals surface area contributed by atoms with Gasteiger partial charge in [0.05, 0.1) is 6.61 Å². The van der Waals surface area contributed by atoms with E-state index >= 15 is 0 Å². The van der Waals surface area contributed by atoms with Crippen LogP contribution in [-0.2, 0) is 9.53 Å². The van der Waals surface area contributed by atoms with Crippen molar-refractivity contribution in [1.29, 1.82) is 0 Å². The zero-order chi connectivity index (χ0) is 11.3. The molecule has 1 rings (SSSR count). The number of nitrogens with one attached hydrogen (secondary N) is 1. The molecule has 0 spiro atoms. The summed E-state index contributed by atoms with van der Waals surface area (Å²) in [6.07, 6.45) is 0. The number of benzene rings is 1. The molecule has 0 amide bonds. The van der Waals surface area contributed by atoms with Crippen molar-refractivity contribution >= 4 is 17.3 Å². The predicted octanol–water partition coefficient (Wildman–Crippen LogP) is 1.55. The minimum Gasteiger partial charge on any atom is -0.465 e. The lowest BCUT2D eigenvalue weighted by Crippen LogP contribution is -2.17. The van der Waals surface area contributed by atoms with Crippen molar-refractivity contribution in [3.8, 4) is 0 Å². The fourth-order valence-electron chi connectivity index (χ4n) is 1.26. The van der Waals surface area contributed by atoms with Crippen LogP contribution >= 0.6 is 0 Å². The zero-order valence-corrected chi connectivity index (χ0v) is 9.04. The Balaban J connectivity index is 2.54. The van der Waals surface area contributed by atoms with E-state index < -0.39 is 0 Å². The average Bonchev–Trinajstić information content (AvgIpc) is 2.17. The molecule has 0 heterocycles. The lowest BCUT2D eigenvalue weighted by molar-refractivity contribution is -0.140. The summed E-state index contributed by atoms with van der Waals surface area (Å²) in [5, 5.41) is 2.99. The SMILES string of the molecule is CCOC(=O)CNc1ccc(N)cc1C. The standard InChI is InChI=1S/C11H16N2O2/c1-3-15-11(14)7-13-10-5-4-9(12)6-8(10)2/h4-6,13H,3,7,12H2,1-2H3. The van der Waals surface area contributed by atoms with Crippen molar-refractivity contribution < 1.29 is 9.53 Å². The Hall–Kier alpha value is -1.71. The molecule has 15 heavy (non-hydrogen) atoms. The molecular weight excluding hydrogens is 192 g/mol. The first-order chi connectivity index (χ1) is 7.13. The number of carbonyl (C=O) groups excluding carboxylic acids is 1. The Morgan fingerprint density at radius 2 is 2.27 bits per heavy atom. The topological polar surface area (TPSA) is 64.3 Å². The van der Waals surface area contributed by atoms with Gasteiger partial charge in [-0.05, 0) is 37.6 Å². The molecule has 0 atom stereocenters. The van der Waals surface area contributed by atoms with Crippen LogP contribution in [0.25, 0.3) is 0 Å². The van der Waals surface area contributed by atoms with Gasteiger partial charge in [0, 0.05) is 11.4 Å². The molecule has 0 radical (unpaired) electrons. The monoisotopic (exact) mass is 208 g/mol. The number of nitrogen functional groups attached to an aromatic ring is 1. The van der Waals surface area contributed by atoms with Gasteiger partial charge >= 0.3 is 5.97 Å². The molecule has 0 aromatic heterocycles. The maximum Gasteiger partial charge on any atom is 0.325 e. The van der Waals surface area contributed by atoms with E-state index in [1.54, 1.807) is 13.0 Å². The van der Waals surface area contributed by atoms with Gasteiger partial charge in [0.1, 0.15) is 6.54 Å². The van der Waals surface area contributed by atoms with Gasteiger partial charge in [0.2, 0.25) is 0 Å². The first-order valence-electron chi connectivity index (χ1n) is 4.89. The molecule has 82 valence electrons. The number of aryl methyl sites for hydroxylation is 1. The summed E-state index contributed by atoms with van der Waals surface area (Å²) < 4.78 is 4.80. The van der Waals surface area contributed by atoms with Crippen LogP contribution in [0.2, 0.25) is 0 Å². The molecule has 1 aromatic rings. The molecule has 4 nitrogen and oxygen atoms in total. The van der Waals surface area contributed by atoms with Crippen LogP contribution in [0.4, 0.5) is 11.4 Å². The second-order valence-corrected chi connectivity index (χ2v) is 3.23. The highest BCUT2D eigenvalue weighted by Crippen LogP contribution is 2.17. The number of ether oxygens (including phenoxy) is 1. The van der Waals surface area contributed by atoms with Gasteiger partial charge in [0.15, 0.2) is 0 Å². The van der Waals surface area contributed by atoms with Gasteiger partial charge < -0.3 is 15.8 Å². The molecule has 0 saturated heterocycles. The summed E-state index contributed by atoms with van der Waals surface area (Å²) in [6, 6.07) is 5.50. The lowest BCUT2D eigenvalue weighted by Gasteiger charge is -2.09. The first kappa shape index (κ1) is 11.4. The van der Waals surface area contributed by atoms with E-state index in [-0.39, 0.29) is 12.5 Å². The Morgan fingerprint density at radius 3 is 2.87 bits per heavy atom. The van der Waals surface area contributed by atoms with Crippen molar-refractivity contribution in [1.82, 2.24) is 0 Å². The molecule has 0 saturated carbocycles. The van der Waals surface area contributed by atoms with Crippen LogP contribution in [0.15, 0.2) is 18.2 Å². The fraction of sp³-hybridized carbons (Fsp3) is 0.364. The van der Waals surface area contributed by atoms with E-state index in [0.29, 0.717) is 12.3 Å². The van der Waals surface area contributed by atoms with E-state index in [1.807, 2.05) is 19.1 Å². The first-order valence-corrected chi connectivity index (χ1v) is 4.89. The van der Waals surface area contributed by atoms with Crippen molar-refractivity contribution in [2.24, 2.45) is 0 Å². The Kier molecular flexibility index (Phi) is 3.97. The van der Waals surface area contributed by atoms with E-state index in [4.69, 9.17) is 10.5 Å². The molecule has 0 aliphatic carbocycles. The second kappa shape index (κ2) is 5.24. The minimum atomic E-state index is -0.256. The molecule has 0 aliphatic rings. The molecule has 0 bridgehead atoms. The maximum absolute atomic E-state index is 11.1. The molecular formula is C11H16N2O2. The second-order valence-electron chi connectivity index (χ2n) is 3.23. The third-order valence-electron chi connectivity index (χ3n) is 1.98. The van der Waals surface area contributed by atoms with Gasteiger partial charge in [0.25, 0.3) is 0 Å². The summed E-state index contributed by atoms with van der Waals surface area (Å²) in [5.41, 5.74) is 8.24. The van der Waals surface area contributed by atoms with Crippen LogP contribution in [0.3, 0.4) is 0 Å². The molecule has 4 heteroatoms. The molecule has 3 N–H and O–H groups in total. The van der Waals surface area contributed by atoms with Crippen LogP contribution < -0.4 is 11.1 Å². The van der Waals surface area contributed by atoms with Crippen LogP contribution in [-0.4, -0.2) is 19.1 Å². The summed E-state index contributed by atoms with van der Waals surface area (Å²) in [6.45, 7) is 4.30. The Bertz CT molecular complexity index is 350. The van der Waals surface area contributed by atoms with Crippen molar-refractivity contribution in [3.05, 3.63) is 23.8 Å². The summed E-state index contributed by atoms with van der Waals surface area (Å²) >= 11 is 0. The van der Waals surface area contributed by atoms with E-state index in [0.717, 1.165) is 11.3 Å². The maximum atomic E-state index is 11.1. The number of nitrogens with two attached hydrogens (primary N) is 1. The van der Waals surface area contributed by atoms with Crippen LogP contribution in [0.5, 0.6) is 0 Å². The number of hydrogen-bond acceptors (Lipinski definition) is 4. The number of carbonyl (C=O) groups is 1. The highest BCUT2D eigenvalue weighted by atomic mass is 16.5. The largest absolute Gasteiger partial charge is 0.465 e. The normalized spacial score (nSPS) is 9.73. The molecule has 1 aromatic carbocycles. The Morgan fingerprint density at radius 1 is 1.53 bits per heavy atom. The zero-order valence-electron chi connectivity index (χ0n) is 9.04. The fourth-order valence-corrected chi connectivity index (χ4v) is 1.26. The van der Waals surface area contributed by atoms with Crippen molar-refractivity contribution in [2.45, 2.75) is 13.8 Å². The van der Waals surface area contributed by atoms with Crippen LogP contribution in [0, 0.1) is 6.92 Å². The minimum absolute atomic E-state index is 0.179. The van der Waals surface area contributed by atoms with Crippen molar-refractivity contribution in [3.63, 3.8) is 0 Å². The van der Waals surface area contributed by atoms with E-state index in [2.05, 4.69) is 5.32 Å². The number of anilines is 2. The molecule has 0 fully saturated rings. The van der Waals surface area contributed by atoms with E-state index in [9.17, 15) is 4.79 Å². The smallest absolute Gasteiger partial charge is 0.325 e. The predicted molar refractivity (Wildman–Crippen MR) is 60.7 cm³/mol. The number of rotatable bonds is 4. The average molecular weight is 208 g/mol. The summed E-state index contributed by atoms with van der Waals surface area (Å²) in [7, 11) is 0. The number of esters is 1. The highest BCUT2D eigenvalue weighted by Gasteiger charge is 2.02. The quantitative estimate of drug-likeness (QED) is 0.582. The van der Waals surface area contributed by atoms with Gasteiger partial charge in [-0.1, -0.05) is 0 Å². The summed E-state index contributed by atoms with van der Waals surface area (Å²) in [4.78, 5) is 11.1. The van der Waals surface area contributed by atoms with E-state index in [1.165, 1.54) is 0 Å². The van der Waals surface area contributed by atoms with Gasteiger partial charge in [-0.2, -0.15) is 0 Å². The number of hydrogen-bond donors (Lipinski definition) is 2. The third-order valence-corrected chi connectivity index (χ3v) is 1.98. The Labute approximate surface area is 89.4 Å². The van der Waals surface area contributed by atoms with Gasteiger partial charge in [-0.3, -0.25) is 4.79 Å². The lowest BCUT2D eigenvalue weighted by atomic mass is 10.2. The van der Waals surface area contributed by atoms with Crippen molar-refractivity contribution in [2.75, 3.05) is 24.2 Å². The highest BCUT2D eigenvalue weighted by molar-refractivity contribution is 5.75. The molecule has 0 unspecified atom stereocenters. The summed E-state index contributed by atoms with van der Waals surface area (Å²) in [5.74, 6) is -0.256.